The van der Waals surface area contributed by atoms with E-state index in [4.69, 9.17) is 0 Å². The molecule has 0 bridgehead atoms. The smallest absolute Gasteiger partial charge is 0.0541 e. The molecule has 21 aromatic rings. The number of rotatable bonds is 8. The highest BCUT2D eigenvalue weighted by Crippen LogP contribution is 2.54. The molecule has 115 heavy (non-hydrogen) atoms. The second kappa shape index (κ2) is 25.0. The first-order valence-corrected chi connectivity index (χ1v) is 40.4. The predicted molar refractivity (Wildman–Crippen MR) is 485 cm³/mol. The van der Waals surface area contributed by atoms with Crippen molar-refractivity contribution in [1.29, 1.82) is 0 Å². The first kappa shape index (κ1) is 66.7. The molecule has 0 spiro atoms. The van der Waals surface area contributed by atoms with Crippen LogP contribution in [0.5, 0.6) is 0 Å². The van der Waals surface area contributed by atoms with Crippen molar-refractivity contribution in [3.05, 3.63) is 409 Å². The summed E-state index contributed by atoms with van der Waals surface area (Å²) in [6, 6.07) is 140. The summed E-state index contributed by atoms with van der Waals surface area (Å²) in [6.07, 6.45) is 0. The molecule has 4 heterocycles. The number of aromatic nitrogens is 4. The van der Waals surface area contributed by atoms with Crippen molar-refractivity contribution < 1.29 is 0 Å². The monoisotopic (exact) mass is 1470 g/mol. The van der Waals surface area contributed by atoms with Gasteiger partial charge in [0.25, 0.3) is 0 Å². The van der Waals surface area contributed by atoms with Crippen LogP contribution in [0.2, 0.25) is 0 Å². The summed E-state index contributed by atoms with van der Waals surface area (Å²) in [7, 11) is 0. The average molecular weight is 1470 g/mol. The average Bonchev–Trinajstić information content (AvgIpc) is 1.56. The van der Waals surface area contributed by atoms with Gasteiger partial charge in [0.1, 0.15) is 0 Å². The zero-order chi connectivity index (χ0) is 76.7. The van der Waals surface area contributed by atoms with E-state index in [1.807, 2.05) is 0 Å². The fraction of sp³-hybridized carbons (Fsp3) is 0.0811. The summed E-state index contributed by atoms with van der Waals surface area (Å²) in [5.41, 5.74) is 40.5. The maximum atomic E-state index is 2.48. The summed E-state index contributed by atoms with van der Waals surface area (Å²) in [6.45, 7) is 14.2. The molecule has 0 unspecified atom stereocenters. The standard InChI is InChI=1S/C60H44N2.C51H36N2/c1-59(2)51-19-11-8-16-43(51)45-27-25-41(35-53(45)59)61-55-21-13-10-18-47(55)48-33-39(23-30-56(48)61)40-24-31-58-50(34-40)49-32-38(37-14-6-5-7-15-37)22-29-57(49)62(58)42-26-28-46-44-17-9-12-20-52(44)60(3,4)54(46)36-42;1-51(2)45-19-11-9-17-39(45)40-25-24-38(32-46(40)51)53-47-20-12-10-18-41(47)42-30-35(22-27-48(42)53)36-23-28-50-44(31-36)43-29-34(33-13-5-3-6-14-33)21-26-49(43)52(50)37-15-7-4-8-16-37/h5-36H,1-4H3;3-32H,1-2H3. The van der Waals surface area contributed by atoms with Crippen LogP contribution in [0.1, 0.15) is 74.9 Å². The minimum absolute atomic E-state index is 0.0575. The predicted octanol–water partition coefficient (Wildman–Crippen LogP) is 29.3. The Morgan fingerprint density at radius 2 is 0.374 bits per heavy atom. The van der Waals surface area contributed by atoms with Gasteiger partial charge in [-0.15, -0.1) is 0 Å². The third-order valence-corrected chi connectivity index (χ3v) is 26.2. The van der Waals surface area contributed by atoms with Gasteiger partial charge in [0.15, 0.2) is 0 Å². The molecule has 0 amide bonds. The lowest BCUT2D eigenvalue weighted by atomic mass is 9.82. The van der Waals surface area contributed by atoms with Crippen molar-refractivity contribution in [1.82, 2.24) is 18.3 Å². The minimum Gasteiger partial charge on any atom is -0.309 e. The maximum Gasteiger partial charge on any atom is 0.0541 e. The molecule has 0 N–H and O–H groups in total. The van der Waals surface area contributed by atoms with E-state index in [1.165, 1.54) is 221 Å². The number of fused-ring (bicyclic) bond motifs is 21. The van der Waals surface area contributed by atoms with Gasteiger partial charge in [0.2, 0.25) is 0 Å². The van der Waals surface area contributed by atoms with Crippen LogP contribution in [0.15, 0.2) is 376 Å². The van der Waals surface area contributed by atoms with Crippen molar-refractivity contribution in [2.75, 3.05) is 0 Å². The number of para-hydroxylation sites is 3. The molecule has 3 aliphatic rings. The molecule has 0 saturated carbocycles. The third kappa shape index (κ3) is 9.98. The number of benzene rings is 17. The third-order valence-electron chi connectivity index (χ3n) is 26.2. The molecule has 0 saturated heterocycles. The Morgan fingerprint density at radius 3 is 0.687 bits per heavy atom. The van der Waals surface area contributed by atoms with Gasteiger partial charge in [-0.05, 0) is 245 Å². The molecule has 0 aliphatic heterocycles. The molecule has 0 fully saturated rings. The molecule has 4 nitrogen and oxygen atoms in total. The molecule has 544 valence electrons. The van der Waals surface area contributed by atoms with E-state index in [9.17, 15) is 0 Å². The van der Waals surface area contributed by atoms with Crippen molar-refractivity contribution >= 4 is 87.2 Å². The second-order valence-corrected chi connectivity index (χ2v) is 33.5. The Balaban J connectivity index is 0.000000138. The highest BCUT2D eigenvalue weighted by Gasteiger charge is 2.39. The Morgan fingerprint density at radius 1 is 0.148 bits per heavy atom. The van der Waals surface area contributed by atoms with Gasteiger partial charge in [-0.2, -0.15) is 0 Å². The van der Waals surface area contributed by atoms with Gasteiger partial charge < -0.3 is 18.3 Å². The van der Waals surface area contributed by atoms with Crippen molar-refractivity contribution in [3.8, 4) is 101 Å². The summed E-state index contributed by atoms with van der Waals surface area (Å²) in [5.74, 6) is 0. The molecule has 3 aliphatic carbocycles. The van der Waals surface area contributed by atoms with E-state index in [1.54, 1.807) is 0 Å². The van der Waals surface area contributed by atoms with Gasteiger partial charge in [-0.25, -0.2) is 0 Å². The lowest BCUT2D eigenvalue weighted by Crippen LogP contribution is -2.15. The Hall–Kier alpha value is -14.1. The molecule has 0 radical (unpaired) electrons. The van der Waals surface area contributed by atoms with Gasteiger partial charge >= 0.3 is 0 Å². The van der Waals surface area contributed by atoms with Crippen molar-refractivity contribution in [3.63, 3.8) is 0 Å². The topological polar surface area (TPSA) is 19.7 Å². The maximum absolute atomic E-state index is 2.48. The van der Waals surface area contributed by atoms with E-state index in [0.717, 1.165) is 0 Å². The van der Waals surface area contributed by atoms with Crippen LogP contribution >= 0.6 is 0 Å². The van der Waals surface area contributed by atoms with E-state index in [0.29, 0.717) is 0 Å². The highest BCUT2D eigenvalue weighted by molar-refractivity contribution is 6.16. The van der Waals surface area contributed by atoms with Crippen LogP contribution in [0, 0.1) is 0 Å². The second-order valence-electron chi connectivity index (χ2n) is 33.5. The van der Waals surface area contributed by atoms with Crippen LogP contribution in [0.25, 0.3) is 188 Å². The van der Waals surface area contributed by atoms with E-state index in [-0.39, 0.29) is 16.2 Å². The fourth-order valence-electron chi connectivity index (χ4n) is 20.5. The van der Waals surface area contributed by atoms with Crippen molar-refractivity contribution in [2.24, 2.45) is 0 Å². The van der Waals surface area contributed by atoms with Crippen molar-refractivity contribution in [2.45, 2.75) is 57.8 Å². The van der Waals surface area contributed by atoms with Crippen LogP contribution < -0.4 is 0 Å². The molecular formula is C111H80N4. The number of nitrogens with zero attached hydrogens (tertiary/aromatic N) is 4. The Kier molecular flexibility index (Phi) is 14.5. The molecular weight excluding hydrogens is 1390 g/mol. The zero-order valence-electron chi connectivity index (χ0n) is 65.1. The highest BCUT2D eigenvalue weighted by atomic mass is 15.0. The summed E-state index contributed by atoms with van der Waals surface area (Å²) < 4.78 is 9.80. The molecule has 24 rings (SSSR count). The molecule has 4 aromatic heterocycles. The summed E-state index contributed by atoms with van der Waals surface area (Å²) >= 11 is 0. The van der Waals surface area contributed by atoms with Gasteiger partial charge in [-0.3, -0.25) is 0 Å². The minimum atomic E-state index is -0.0842. The van der Waals surface area contributed by atoms with Gasteiger partial charge in [-0.1, -0.05) is 284 Å². The quantitative estimate of drug-likeness (QED) is 0.144. The fourth-order valence-corrected chi connectivity index (χ4v) is 20.5. The van der Waals surface area contributed by atoms with E-state index < -0.39 is 0 Å². The summed E-state index contributed by atoms with van der Waals surface area (Å²) in [5, 5.41) is 10.1. The summed E-state index contributed by atoms with van der Waals surface area (Å²) in [4.78, 5) is 0. The Labute approximate surface area is 669 Å². The van der Waals surface area contributed by atoms with Gasteiger partial charge in [0.05, 0.1) is 44.1 Å². The molecule has 4 heteroatoms. The van der Waals surface area contributed by atoms with E-state index in [2.05, 4.69) is 436 Å². The SMILES string of the molecule is CC1(C)c2ccccc2-c2ccc(-n3c4ccccc4c4cc(-c5ccc6c(c5)c5cc(-c7ccccc7)ccc5n6-c5ccc6c(c5)C(C)(C)c5ccccc5-6)ccc43)cc21.CC1(C)c2ccccc2-c2ccc(-n3c4ccccc4c4cc(-c5ccc6c(c5)c5cc(-c7ccccc7)ccc5n6-c5ccccc5)ccc43)cc21. The first-order valence-electron chi connectivity index (χ1n) is 40.4. The number of hydrogen-bond acceptors (Lipinski definition) is 0. The lowest BCUT2D eigenvalue weighted by molar-refractivity contribution is 0.660. The van der Waals surface area contributed by atoms with Crippen LogP contribution in [0.3, 0.4) is 0 Å². The van der Waals surface area contributed by atoms with Crippen LogP contribution in [-0.4, -0.2) is 18.3 Å². The van der Waals surface area contributed by atoms with Crippen LogP contribution in [-0.2, 0) is 16.2 Å². The largest absolute Gasteiger partial charge is 0.309 e. The zero-order valence-corrected chi connectivity index (χ0v) is 65.1. The Bertz CT molecular complexity index is 7660. The van der Waals surface area contributed by atoms with Crippen LogP contribution in [0.4, 0.5) is 0 Å². The lowest BCUT2D eigenvalue weighted by Gasteiger charge is -2.22. The molecule has 17 aromatic carbocycles. The molecule has 0 atom stereocenters. The normalized spacial score (nSPS) is 13.9. The first-order chi connectivity index (χ1) is 56.3. The number of hydrogen-bond donors (Lipinski definition) is 0. The van der Waals surface area contributed by atoms with E-state index >= 15 is 0 Å². The van der Waals surface area contributed by atoms with Gasteiger partial charge in [0, 0.05) is 82.1 Å².